The molecule has 1 aromatic rings. The summed E-state index contributed by atoms with van der Waals surface area (Å²) in [6.45, 7) is 8.44. The molecule has 0 saturated carbocycles. The third-order valence-electron chi connectivity index (χ3n) is 2.94. The van der Waals surface area contributed by atoms with Crippen LogP contribution in [0.2, 0.25) is 0 Å². The van der Waals surface area contributed by atoms with Crippen molar-refractivity contribution in [2.45, 2.75) is 27.7 Å². The van der Waals surface area contributed by atoms with E-state index >= 15 is 0 Å². The van der Waals surface area contributed by atoms with Gasteiger partial charge in [-0.1, -0.05) is 0 Å². The SMILES string of the molecule is Cc1c(C)c([NH3+])c(C)c(C)c1[NH3+]. The van der Waals surface area contributed by atoms with Crippen LogP contribution in [0.15, 0.2) is 0 Å². The second kappa shape index (κ2) is 2.88. The molecule has 12 heavy (non-hydrogen) atoms. The van der Waals surface area contributed by atoms with Gasteiger partial charge >= 0.3 is 0 Å². The summed E-state index contributed by atoms with van der Waals surface area (Å²) in [5.74, 6) is 0. The van der Waals surface area contributed by atoms with Gasteiger partial charge in [0, 0.05) is 22.3 Å². The first-order valence-electron chi connectivity index (χ1n) is 4.21. The molecule has 66 valence electrons. The lowest BCUT2D eigenvalue weighted by atomic mass is 9.97. The maximum Gasteiger partial charge on any atom is 0.134 e. The van der Waals surface area contributed by atoms with Gasteiger partial charge in [0.1, 0.15) is 11.4 Å². The van der Waals surface area contributed by atoms with Gasteiger partial charge in [-0.3, -0.25) is 0 Å². The molecule has 0 aromatic heterocycles. The van der Waals surface area contributed by atoms with Crippen molar-refractivity contribution in [2.75, 3.05) is 0 Å². The molecule has 0 heterocycles. The zero-order valence-corrected chi connectivity index (χ0v) is 8.41. The summed E-state index contributed by atoms with van der Waals surface area (Å²) in [5.41, 5.74) is 15.6. The molecule has 0 fully saturated rings. The summed E-state index contributed by atoms with van der Waals surface area (Å²) in [4.78, 5) is 0. The first-order chi connectivity index (χ1) is 5.46. The van der Waals surface area contributed by atoms with E-state index in [0.717, 1.165) is 11.4 Å². The maximum absolute atomic E-state index is 4.05. The third-order valence-corrected chi connectivity index (χ3v) is 2.94. The van der Waals surface area contributed by atoms with Crippen LogP contribution in [0.25, 0.3) is 0 Å². The monoisotopic (exact) mass is 166 g/mol. The molecule has 0 radical (unpaired) electrons. The average Bonchev–Trinajstić information content (AvgIpc) is 2.08. The highest BCUT2D eigenvalue weighted by atomic mass is 14.6. The van der Waals surface area contributed by atoms with Crippen LogP contribution >= 0.6 is 0 Å². The van der Waals surface area contributed by atoms with E-state index in [1.54, 1.807) is 0 Å². The Morgan fingerprint density at radius 3 is 0.917 bits per heavy atom. The minimum atomic E-state index is 1.16. The second-order valence-electron chi connectivity index (χ2n) is 3.46. The highest BCUT2D eigenvalue weighted by Crippen LogP contribution is 2.27. The molecular formula is C10H18N2+2. The normalized spacial score (nSPS) is 10.5. The molecule has 1 rings (SSSR count). The van der Waals surface area contributed by atoms with E-state index < -0.39 is 0 Å². The van der Waals surface area contributed by atoms with Gasteiger partial charge in [0.2, 0.25) is 0 Å². The number of hydrogen-bond donors (Lipinski definition) is 2. The predicted molar refractivity (Wildman–Crippen MR) is 50.5 cm³/mol. The van der Waals surface area contributed by atoms with Crippen molar-refractivity contribution in [1.29, 1.82) is 0 Å². The summed E-state index contributed by atoms with van der Waals surface area (Å²) in [7, 11) is 0. The van der Waals surface area contributed by atoms with Crippen LogP contribution in [0.4, 0.5) is 11.4 Å². The van der Waals surface area contributed by atoms with E-state index in [4.69, 9.17) is 0 Å². The lowest BCUT2D eigenvalue weighted by Crippen LogP contribution is -2.46. The molecule has 0 aliphatic rings. The Morgan fingerprint density at radius 1 is 0.583 bits per heavy atom. The smallest absolute Gasteiger partial charge is 0.134 e. The van der Waals surface area contributed by atoms with Crippen LogP contribution in [0.5, 0.6) is 0 Å². The molecule has 0 amide bonds. The Bertz CT molecular complexity index is 222. The van der Waals surface area contributed by atoms with Crippen molar-refractivity contribution in [3.63, 3.8) is 0 Å². The van der Waals surface area contributed by atoms with Gasteiger partial charge < -0.3 is 11.5 Å². The van der Waals surface area contributed by atoms with Crippen molar-refractivity contribution in [2.24, 2.45) is 0 Å². The Kier molecular flexibility index (Phi) is 2.22. The predicted octanol–water partition coefficient (Wildman–Crippen LogP) is 0.667. The van der Waals surface area contributed by atoms with E-state index in [9.17, 15) is 0 Å². The van der Waals surface area contributed by atoms with E-state index in [1.165, 1.54) is 22.3 Å². The van der Waals surface area contributed by atoms with Gasteiger partial charge in [0.25, 0.3) is 0 Å². The Balaban J connectivity index is 3.60. The fraction of sp³-hybridized carbons (Fsp3) is 0.400. The molecular weight excluding hydrogens is 148 g/mol. The standard InChI is InChI=1S/C10H16N2/c1-5-6(2)10(12)8(4)7(3)9(5)11/h11-12H2,1-4H3/p+2. The molecule has 0 atom stereocenters. The summed E-state index contributed by atoms with van der Waals surface area (Å²) in [5, 5.41) is 0. The Labute approximate surface area is 73.6 Å². The number of benzene rings is 1. The highest BCUT2D eigenvalue weighted by Gasteiger charge is 2.14. The van der Waals surface area contributed by atoms with Crippen molar-refractivity contribution < 1.29 is 11.5 Å². The molecule has 0 saturated heterocycles. The van der Waals surface area contributed by atoms with E-state index in [-0.39, 0.29) is 0 Å². The maximum atomic E-state index is 4.05. The summed E-state index contributed by atoms with van der Waals surface area (Å²) in [6, 6.07) is 0. The average molecular weight is 166 g/mol. The topological polar surface area (TPSA) is 55.3 Å². The molecule has 2 nitrogen and oxygen atoms in total. The lowest BCUT2D eigenvalue weighted by Gasteiger charge is -2.09. The van der Waals surface area contributed by atoms with Crippen molar-refractivity contribution in [3.8, 4) is 0 Å². The quantitative estimate of drug-likeness (QED) is 0.569. The van der Waals surface area contributed by atoms with Crippen molar-refractivity contribution in [1.82, 2.24) is 0 Å². The fourth-order valence-electron chi connectivity index (χ4n) is 1.47. The van der Waals surface area contributed by atoms with Crippen LogP contribution < -0.4 is 11.5 Å². The molecule has 0 spiro atoms. The molecule has 1 aromatic carbocycles. The molecule has 0 bridgehead atoms. The van der Waals surface area contributed by atoms with E-state index in [2.05, 4.69) is 39.2 Å². The molecule has 6 N–H and O–H groups in total. The first-order valence-corrected chi connectivity index (χ1v) is 4.21. The van der Waals surface area contributed by atoms with Crippen molar-refractivity contribution in [3.05, 3.63) is 22.3 Å². The minimum absolute atomic E-state index is 1.16. The van der Waals surface area contributed by atoms with Crippen LogP contribution in [0, 0.1) is 27.7 Å². The minimum Gasteiger partial charge on any atom is -0.325 e. The van der Waals surface area contributed by atoms with Crippen LogP contribution in [-0.4, -0.2) is 0 Å². The van der Waals surface area contributed by atoms with Crippen LogP contribution in [0.1, 0.15) is 22.3 Å². The highest BCUT2D eigenvalue weighted by molar-refractivity contribution is 5.62. The second-order valence-corrected chi connectivity index (χ2v) is 3.46. The van der Waals surface area contributed by atoms with Crippen LogP contribution in [0.3, 0.4) is 0 Å². The zero-order chi connectivity index (χ0) is 9.46. The molecule has 0 aliphatic carbocycles. The third kappa shape index (κ3) is 1.13. The Morgan fingerprint density at radius 2 is 0.750 bits per heavy atom. The van der Waals surface area contributed by atoms with E-state index in [1.807, 2.05) is 0 Å². The fourth-order valence-corrected chi connectivity index (χ4v) is 1.47. The van der Waals surface area contributed by atoms with Gasteiger partial charge in [0.15, 0.2) is 0 Å². The number of hydrogen-bond acceptors (Lipinski definition) is 0. The first kappa shape index (κ1) is 9.23. The number of rotatable bonds is 0. The van der Waals surface area contributed by atoms with Gasteiger partial charge in [-0.2, -0.15) is 0 Å². The van der Waals surface area contributed by atoms with Crippen LogP contribution in [-0.2, 0) is 0 Å². The molecule has 0 aliphatic heterocycles. The van der Waals surface area contributed by atoms with Crippen molar-refractivity contribution >= 4 is 11.4 Å². The van der Waals surface area contributed by atoms with Gasteiger partial charge in [0.05, 0.1) is 0 Å². The van der Waals surface area contributed by atoms with Gasteiger partial charge in [-0.15, -0.1) is 0 Å². The summed E-state index contributed by atoms with van der Waals surface area (Å²) in [6.07, 6.45) is 0. The van der Waals surface area contributed by atoms with E-state index in [0.29, 0.717) is 0 Å². The number of quaternary nitrogens is 2. The molecule has 2 heteroatoms. The lowest BCUT2D eigenvalue weighted by molar-refractivity contribution is -0.263. The Hall–Kier alpha value is -0.860. The van der Waals surface area contributed by atoms with Gasteiger partial charge in [-0.25, -0.2) is 0 Å². The summed E-state index contributed by atoms with van der Waals surface area (Å²) >= 11 is 0. The van der Waals surface area contributed by atoms with Gasteiger partial charge in [-0.05, 0) is 27.7 Å². The zero-order valence-electron chi connectivity index (χ0n) is 8.41. The largest absolute Gasteiger partial charge is 0.325 e. The molecule has 0 unspecified atom stereocenters. The summed E-state index contributed by atoms with van der Waals surface area (Å²) < 4.78 is 0.